The summed E-state index contributed by atoms with van der Waals surface area (Å²) in [7, 11) is 0. The lowest BCUT2D eigenvalue weighted by Gasteiger charge is -2.43. The van der Waals surface area contributed by atoms with E-state index >= 15 is 0 Å². The zero-order valence-corrected chi connectivity index (χ0v) is 20.4. The summed E-state index contributed by atoms with van der Waals surface area (Å²) < 4.78 is 6.21. The van der Waals surface area contributed by atoms with Crippen molar-refractivity contribution in [2.45, 2.75) is 94.4 Å². The summed E-state index contributed by atoms with van der Waals surface area (Å²) in [5.41, 5.74) is 1.38. The monoisotopic (exact) mass is 482 g/mol. The molecule has 0 bridgehead atoms. The van der Waals surface area contributed by atoms with Crippen LogP contribution in [0.4, 0.5) is 0 Å². The third kappa shape index (κ3) is 4.85. The highest BCUT2D eigenvalue weighted by atomic mass is 16.5. The van der Waals surface area contributed by atoms with Gasteiger partial charge in [-0.3, -0.25) is 9.59 Å². The van der Waals surface area contributed by atoms with Gasteiger partial charge in [0.25, 0.3) is 0 Å². The molecule has 35 heavy (non-hydrogen) atoms. The average molecular weight is 483 g/mol. The highest BCUT2D eigenvalue weighted by Crippen LogP contribution is 2.47. The van der Waals surface area contributed by atoms with E-state index in [9.17, 15) is 19.8 Å². The molecule has 2 fully saturated rings. The Labute approximate surface area is 207 Å². The number of carbonyl (C=O) groups is 2. The first kappa shape index (κ1) is 24.3. The van der Waals surface area contributed by atoms with Gasteiger partial charge in [-0.25, -0.2) is 0 Å². The molecule has 1 heterocycles. The zero-order chi connectivity index (χ0) is 24.4. The summed E-state index contributed by atoms with van der Waals surface area (Å²) in [4.78, 5) is 28.8. The van der Waals surface area contributed by atoms with Crippen molar-refractivity contribution in [2.24, 2.45) is 5.92 Å². The van der Waals surface area contributed by atoms with E-state index < -0.39 is 24.2 Å². The number of carbonyl (C=O) groups excluding carboxylic acids is 2. The maximum Gasteiger partial charge on any atom is 0.247 e. The first-order chi connectivity index (χ1) is 17.1. The van der Waals surface area contributed by atoms with E-state index in [0.29, 0.717) is 23.7 Å². The lowest BCUT2D eigenvalue weighted by Crippen LogP contribution is -2.58. The van der Waals surface area contributed by atoms with Crippen molar-refractivity contribution in [1.82, 2.24) is 10.2 Å². The SMILES string of the molecule is O=C(NCCO)C1=C[C@@H](N(C(=O)CCC2CCCC2)C2CCCC2)[C@H](O)[C@H]2Oc3ccccc3[C@@H]12. The lowest BCUT2D eigenvalue weighted by atomic mass is 9.77. The number of ether oxygens (including phenoxy) is 1. The fraction of sp³-hybridized carbons (Fsp3) is 0.643. The highest BCUT2D eigenvalue weighted by Gasteiger charge is 2.51. The van der Waals surface area contributed by atoms with Crippen molar-refractivity contribution >= 4 is 11.8 Å². The second-order valence-electron chi connectivity index (χ2n) is 10.6. The number of amides is 2. The quantitative estimate of drug-likeness (QED) is 0.529. The van der Waals surface area contributed by atoms with Crippen molar-refractivity contribution in [1.29, 1.82) is 0 Å². The molecule has 1 aromatic carbocycles. The predicted molar refractivity (Wildman–Crippen MR) is 132 cm³/mol. The molecule has 0 spiro atoms. The molecular weight excluding hydrogens is 444 g/mol. The minimum absolute atomic E-state index is 0.0732. The molecule has 3 N–H and O–H groups in total. The molecule has 2 saturated carbocycles. The van der Waals surface area contributed by atoms with Crippen LogP contribution in [0.1, 0.15) is 75.7 Å². The normalized spacial score (nSPS) is 28.2. The van der Waals surface area contributed by atoms with Gasteiger partial charge in [0.15, 0.2) is 0 Å². The van der Waals surface area contributed by atoms with E-state index in [2.05, 4.69) is 5.32 Å². The fourth-order valence-electron chi connectivity index (χ4n) is 6.71. The zero-order valence-electron chi connectivity index (χ0n) is 20.4. The Morgan fingerprint density at radius 1 is 1.06 bits per heavy atom. The van der Waals surface area contributed by atoms with Crippen LogP contribution in [0.2, 0.25) is 0 Å². The summed E-state index contributed by atoms with van der Waals surface area (Å²) in [6.45, 7) is -0.00392. The van der Waals surface area contributed by atoms with Crippen LogP contribution >= 0.6 is 0 Å². The van der Waals surface area contributed by atoms with Gasteiger partial charge < -0.3 is 25.2 Å². The first-order valence-electron chi connectivity index (χ1n) is 13.4. The summed E-state index contributed by atoms with van der Waals surface area (Å²) >= 11 is 0. The number of nitrogens with zero attached hydrogens (tertiary/aromatic N) is 1. The predicted octanol–water partition coefficient (Wildman–Crippen LogP) is 3.05. The number of hydrogen-bond acceptors (Lipinski definition) is 5. The van der Waals surface area contributed by atoms with Crippen LogP contribution in [0.3, 0.4) is 0 Å². The summed E-state index contributed by atoms with van der Waals surface area (Å²) in [5.74, 6) is 0.676. The summed E-state index contributed by atoms with van der Waals surface area (Å²) in [5, 5.41) is 23.6. The van der Waals surface area contributed by atoms with Crippen molar-refractivity contribution in [3.8, 4) is 5.75 Å². The molecule has 7 nitrogen and oxygen atoms in total. The van der Waals surface area contributed by atoms with Gasteiger partial charge in [0.05, 0.1) is 18.6 Å². The molecule has 190 valence electrons. The van der Waals surface area contributed by atoms with E-state index in [-0.39, 0.29) is 31.0 Å². The van der Waals surface area contributed by atoms with Crippen molar-refractivity contribution in [3.05, 3.63) is 41.5 Å². The maximum absolute atomic E-state index is 13.7. The molecule has 2 amide bonds. The molecule has 7 heteroatoms. The number of para-hydroxylation sites is 1. The molecule has 0 aromatic heterocycles. The van der Waals surface area contributed by atoms with Gasteiger partial charge in [0.1, 0.15) is 18.0 Å². The van der Waals surface area contributed by atoms with Gasteiger partial charge in [-0.05, 0) is 37.3 Å². The van der Waals surface area contributed by atoms with Gasteiger partial charge >= 0.3 is 0 Å². The molecule has 0 radical (unpaired) electrons. The second-order valence-corrected chi connectivity index (χ2v) is 10.6. The minimum Gasteiger partial charge on any atom is -0.486 e. The van der Waals surface area contributed by atoms with E-state index in [1.54, 1.807) is 0 Å². The fourth-order valence-corrected chi connectivity index (χ4v) is 6.71. The van der Waals surface area contributed by atoms with Gasteiger partial charge in [0.2, 0.25) is 11.8 Å². The van der Waals surface area contributed by atoms with Crippen LogP contribution in [-0.2, 0) is 9.59 Å². The van der Waals surface area contributed by atoms with Gasteiger partial charge in [0, 0.05) is 30.1 Å². The van der Waals surface area contributed by atoms with E-state index in [1.165, 1.54) is 25.7 Å². The van der Waals surface area contributed by atoms with E-state index in [4.69, 9.17) is 4.74 Å². The van der Waals surface area contributed by atoms with Crippen LogP contribution in [0.5, 0.6) is 5.75 Å². The summed E-state index contributed by atoms with van der Waals surface area (Å²) in [6.07, 6.45) is 10.5. The first-order valence-corrected chi connectivity index (χ1v) is 13.4. The number of fused-ring (bicyclic) bond motifs is 3. The smallest absolute Gasteiger partial charge is 0.247 e. The van der Waals surface area contributed by atoms with Crippen LogP contribution < -0.4 is 10.1 Å². The van der Waals surface area contributed by atoms with Gasteiger partial charge in [-0.15, -0.1) is 0 Å². The molecule has 4 atom stereocenters. The Morgan fingerprint density at radius 3 is 2.51 bits per heavy atom. The molecule has 1 aromatic rings. The van der Waals surface area contributed by atoms with Crippen molar-refractivity contribution < 1.29 is 24.5 Å². The molecule has 0 unspecified atom stereocenters. The van der Waals surface area contributed by atoms with Gasteiger partial charge in [-0.2, -0.15) is 0 Å². The number of benzene rings is 1. The minimum atomic E-state index is -0.933. The molecule has 4 aliphatic rings. The van der Waals surface area contributed by atoms with Crippen molar-refractivity contribution in [2.75, 3.05) is 13.2 Å². The molecule has 0 saturated heterocycles. The Kier molecular flexibility index (Phi) is 7.44. The third-order valence-corrected chi connectivity index (χ3v) is 8.45. The standard InChI is InChI=1S/C28H38N2O5/c31-16-15-29-28(34)21-17-22(26(33)27-25(21)20-11-5-6-12-23(20)35-27)30(19-9-3-4-10-19)24(32)14-13-18-7-1-2-8-18/h5-6,11-12,17-19,22,25-27,31,33H,1-4,7-10,13-16H2,(H,29,34)/t22-,25+,26+,27+/m1/s1. The Hall–Kier alpha value is -2.38. The second kappa shape index (κ2) is 10.7. The Morgan fingerprint density at radius 2 is 1.77 bits per heavy atom. The number of rotatable bonds is 8. The molecular formula is C28H38N2O5. The van der Waals surface area contributed by atoms with E-state index in [1.807, 2.05) is 35.2 Å². The van der Waals surface area contributed by atoms with Crippen LogP contribution in [0.15, 0.2) is 35.9 Å². The third-order valence-electron chi connectivity index (χ3n) is 8.45. The number of aliphatic hydroxyl groups is 2. The molecule has 1 aliphatic heterocycles. The average Bonchev–Trinajstić information content (AvgIpc) is 3.64. The molecule has 3 aliphatic carbocycles. The highest BCUT2D eigenvalue weighted by molar-refractivity contribution is 5.96. The van der Waals surface area contributed by atoms with Crippen LogP contribution in [0.25, 0.3) is 0 Å². The number of hydrogen-bond donors (Lipinski definition) is 3. The maximum atomic E-state index is 13.7. The largest absolute Gasteiger partial charge is 0.486 e. The Bertz CT molecular complexity index is 950. The Balaban J connectivity index is 1.47. The van der Waals surface area contributed by atoms with Crippen molar-refractivity contribution in [3.63, 3.8) is 0 Å². The lowest BCUT2D eigenvalue weighted by molar-refractivity contribution is -0.140. The van der Waals surface area contributed by atoms with Crippen LogP contribution in [0, 0.1) is 5.92 Å². The van der Waals surface area contributed by atoms with E-state index in [0.717, 1.165) is 37.7 Å². The molecule has 5 rings (SSSR count). The number of nitrogens with one attached hydrogen (secondary N) is 1. The topological polar surface area (TPSA) is 99.1 Å². The van der Waals surface area contributed by atoms with Gasteiger partial charge in [-0.1, -0.05) is 56.7 Å². The summed E-state index contributed by atoms with van der Waals surface area (Å²) in [6, 6.07) is 7.04. The number of aliphatic hydroxyl groups excluding tert-OH is 2. The van der Waals surface area contributed by atoms with Crippen LogP contribution in [-0.4, -0.2) is 64.4 Å².